The van der Waals surface area contributed by atoms with E-state index in [4.69, 9.17) is 11.6 Å². The second-order valence-electron chi connectivity index (χ2n) is 4.46. The van der Waals surface area contributed by atoms with Crippen molar-refractivity contribution in [1.82, 2.24) is 0 Å². The van der Waals surface area contributed by atoms with Gasteiger partial charge in [0.25, 0.3) is 0 Å². The Kier molecular flexibility index (Phi) is 3.13. The summed E-state index contributed by atoms with van der Waals surface area (Å²) in [4.78, 5) is 12.6. The van der Waals surface area contributed by atoms with Crippen molar-refractivity contribution in [2.24, 2.45) is 0 Å². The summed E-state index contributed by atoms with van der Waals surface area (Å²) in [7, 11) is 0. The van der Waals surface area contributed by atoms with Crippen LogP contribution in [0.15, 0.2) is 47.8 Å². The average Bonchev–Trinajstić information content (AvgIpc) is 2.86. The SMILES string of the molecule is Cc1ccc(C(=O)c2cccc3ccsc23)c(Cl)c1. The molecule has 19 heavy (non-hydrogen) atoms. The predicted molar refractivity (Wildman–Crippen MR) is 81.4 cm³/mol. The van der Waals surface area contributed by atoms with Gasteiger partial charge in [0, 0.05) is 15.8 Å². The number of benzene rings is 2. The summed E-state index contributed by atoms with van der Waals surface area (Å²) < 4.78 is 1.02. The molecule has 0 amide bonds. The van der Waals surface area contributed by atoms with Gasteiger partial charge in [-0.2, -0.15) is 0 Å². The number of halogens is 1. The molecule has 0 N–H and O–H groups in total. The number of hydrogen-bond donors (Lipinski definition) is 0. The summed E-state index contributed by atoms with van der Waals surface area (Å²) in [6.07, 6.45) is 0. The summed E-state index contributed by atoms with van der Waals surface area (Å²) >= 11 is 7.76. The third-order valence-electron chi connectivity index (χ3n) is 3.09. The van der Waals surface area contributed by atoms with E-state index in [0.717, 1.165) is 21.2 Å². The number of carbonyl (C=O) groups is 1. The van der Waals surface area contributed by atoms with Crippen molar-refractivity contribution in [3.63, 3.8) is 0 Å². The van der Waals surface area contributed by atoms with Gasteiger partial charge in [0.15, 0.2) is 5.78 Å². The predicted octanol–water partition coefficient (Wildman–Crippen LogP) is 5.09. The highest BCUT2D eigenvalue weighted by molar-refractivity contribution is 7.17. The third kappa shape index (κ3) is 2.18. The van der Waals surface area contributed by atoms with Crippen LogP contribution in [0.1, 0.15) is 21.5 Å². The van der Waals surface area contributed by atoms with Gasteiger partial charge in [-0.25, -0.2) is 0 Å². The van der Waals surface area contributed by atoms with E-state index in [2.05, 4.69) is 0 Å². The first-order chi connectivity index (χ1) is 9.16. The molecule has 3 heteroatoms. The first-order valence-corrected chi connectivity index (χ1v) is 7.19. The fourth-order valence-corrected chi connectivity index (χ4v) is 3.35. The summed E-state index contributed by atoms with van der Waals surface area (Å²) in [5.74, 6) is -0.0157. The van der Waals surface area contributed by atoms with E-state index in [-0.39, 0.29) is 5.78 Å². The van der Waals surface area contributed by atoms with E-state index in [9.17, 15) is 4.79 Å². The summed E-state index contributed by atoms with van der Waals surface area (Å²) in [5.41, 5.74) is 2.34. The van der Waals surface area contributed by atoms with Gasteiger partial charge in [-0.3, -0.25) is 4.79 Å². The lowest BCUT2D eigenvalue weighted by molar-refractivity contribution is 0.104. The molecule has 2 aromatic carbocycles. The van der Waals surface area contributed by atoms with E-state index in [0.29, 0.717) is 10.6 Å². The Morgan fingerprint density at radius 1 is 1.11 bits per heavy atom. The standard InChI is InChI=1S/C16H11ClOS/c1-10-5-6-12(14(17)9-10)15(18)13-4-2-3-11-7-8-19-16(11)13/h2-9H,1H3. The molecule has 94 valence electrons. The van der Waals surface area contributed by atoms with Crippen LogP contribution in [0.5, 0.6) is 0 Å². The molecule has 0 unspecified atom stereocenters. The number of thiophene rings is 1. The van der Waals surface area contributed by atoms with Crippen LogP contribution in [-0.4, -0.2) is 5.78 Å². The molecule has 0 fully saturated rings. The van der Waals surface area contributed by atoms with Gasteiger partial charge in [-0.1, -0.05) is 29.8 Å². The van der Waals surface area contributed by atoms with Gasteiger partial charge >= 0.3 is 0 Å². The fourth-order valence-electron chi connectivity index (χ4n) is 2.12. The van der Waals surface area contributed by atoms with Gasteiger partial charge in [0.05, 0.1) is 5.02 Å². The molecule has 0 radical (unpaired) electrons. The van der Waals surface area contributed by atoms with Crippen molar-refractivity contribution in [3.05, 3.63) is 69.6 Å². The Hall–Kier alpha value is -1.64. The molecular weight excluding hydrogens is 276 g/mol. The molecule has 0 atom stereocenters. The zero-order valence-electron chi connectivity index (χ0n) is 10.3. The number of carbonyl (C=O) groups excluding carboxylic acids is 1. The second-order valence-corrected chi connectivity index (χ2v) is 5.78. The highest BCUT2D eigenvalue weighted by Gasteiger charge is 2.15. The Labute approximate surface area is 120 Å². The maximum Gasteiger partial charge on any atom is 0.195 e. The Morgan fingerprint density at radius 3 is 2.74 bits per heavy atom. The van der Waals surface area contributed by atoms with Crippen LogP contribution in [0.4, 0.5) is 0 Å². The van der Waals surface area contributed by atoms with Crippen molar-refractivity contribution in [3.8, 4) is 0 Å². The summed E-state index contributed by atoms with van der Waals surface area (Å²) in [5, 5.41) is 3.61. The number of fused-ring (bicyclic) bond motifs is 1. The Morgan fingerprint density at radius 2 is 1.95 bits per heavy atom. The van der Waals surface area contributed by atoms with Crippen molar-refractivity contribution in [2.75, 3.05) is 0 Å². The molecule has 1 aromatic heterocycles. The van der Waals surface area contributed by atoms with Crippen LogP contribution in [-0.2, 0) is 0 Å². The van der Waals surface area contributed by atoms with E-state index >= 15 is 0 Å². The van der Waals surface area contributed by atoms with Crippen molar-refractivity contribution < 1.29 is 4.79 Å². The maximum absolute atomic E-state index is 12.6. The molecule has 3 aromatic rings. The molecule has 0 aliphatic carbocycles. The molecule has 1 heterocycles. The summed E-state index contributed by atoms with van der Waals surface area (Å²) in [6.45, 7) is 1.96. The smallest absolute Gasteiger partial charge is 0.195 e. The topological polar surface area (TPSA) is 17.1 Å². The minimum atomic E-state index is -0.0157. The van der Waals surface area contributed by atoms with Crippen molar-refractivity contribution >= 4 is 38.8 Å². The number of aryl methyl sites for hydroxylation is 1. The maximum atomic E-state index is 12.6. The highest BCUT2D eigenvalue weighted by atomic mass is 35.5. The zero-order valence-corrected chi connectivity index (χ0v) is 11.9. The monoisotopic (exact) mass is 286 g/mol. The van der Waals surface area contributed by atoms with Gasteiger partial charge in [-0.05, 0) is 47.5 Å². The van der Waals surface area contributed by atoms with Gasteiger partial charge in [0.1, 0.15) is 0 Å². The molecular formula is C16H11ClOS. The van der Waals surface area contributed by atoms with Crippen molar-refractivity contribution in [1.29, 1.82) is 0 Å². The molecule has 1 nitrogen and oxygen atoms in total. The lowest BCUT2D eigenvalue weighted by Gasteiger charge is -2.05. The summed E-state index contributed by atoms with van der Waals surface area (Å²) in [6, 6.07) is 13.3. The molecule has 0 spiro atoms. The quantitative estimate of drug-likeness (QED) is 0.599. The van der Waals surface area contributed by atoms with Crippen LogP contribution in [0.2, 0.25) is 5.02 Å². The minimum absolute atomic E-state index is 0.0157. The van der Waals surface area contributed by atoms with Crippen LogP contribution in [0, 0.1) is 6.92 Å². The molecule has 0 saturated heterocycles. The first kappa shape index (κ1) is 12.4. The van der Waals surface area contributed by atoms with Gasteiger partial charge in [0.2, 0.25) is 0 Å². The van der Waals surface area contributed by atoms with E-state index in [1.54, 1.807) is 17.4 Å². The Bertz CT molecular complexity index is 773. The first-order valence-electron chi connectivity index (χ1n) is 5.94. The molecule has 0 saturated carbocycles. The van der Waals surface area contributed by atoms with Crippen LogP contribution in [0.25, 0.3) is 10.1 Å². The lowest BCUT2D eigenvalue weighted by atomic mass is 10.0. The molecule has 3 rings (SSSR count). The molecule has 0 aliphatic heterocycles. The van der Waals surface area contributed by atoms with E-state index in [1.165, 1.54) is 0 Å². The van der Waals surface area contributed by atoms with E-state index < -0.39 is 0 Å². The third-order valence-corrected chi connectivity index (χ3v) is 4.37. The largest absolute Gasteiger partial charge is 0.289 e. The van der Waals surface area contributed by atoms with Crippen LogP contribution < -0.4 is 0 Å². The second kappa shape index (κ2) is 4.80. The fraction of sp³-hybridized carbons (Fsp3) is 0.0625. The van der Waals surface area contributed by atoms with E-state index in [1.807, 2.05) is 48.7 Å². The number of ketones is 1. The Balaban J connectivity index is 2.16. The lowest BCUT2D eigenvalue weighted by Crippen LogP contribution is -2.02. The van der Waals surface area contributed by atoms with Crippen LogP contribution in [0.3, 0.4) is 0 Å². The number of rotatable bonds is 2. The molecule has 0 bridgehead atoms. The zero-order chi connectivity index (χ0) is 13.4. The number of hydrogen-bond acceptors (Lipinski definition) is 2. The molecule has 0 aliphatic rings. The van der Waals surface area contributed by atoms with Gasteiger partial charge < -0.3 is 0 Å². The highest BCUT2D eigenvalue weighted by Crippen LogP contribution is 2.28. The average molecular weight is 287 g/mol. The van der Waals surface area contributed by atoms with Crippen LogP contribution >= 0.6 is 22.9 Å². The van der Waals surface area contributed by atoms with Gasteiger partial charge in [-0.15, -0.1) is 11.3 Å². The normalized spacial score (nSPS) is 10.8. The van der Waals surface area contributed by atoms with Crippen molar-refractivity contribution in [2.45, 2.75) is 6.92 Å². The minimum Gasteiger partial charge on any atom is -0.289 e.